The third-order valence-corrected chi connectivity index (χ3v) is 4.30. The SMILES string of the molecule is Cl.NS(=O)(=O)CC1CNCC1C1CCOC1. The van der Waals surface area contributed by atoms with Gasteiger partial charge >= 0.3 is 0 Å². The molecule has 2 heterocycles. The molecule has 2 saturated heterocycles. The molecule has 0 amide bonds. The maximum absolute atomic E-state index is 11.1. The maximum Gasteiger partial charge on any atom is 0.209 e. The minimum atomic E-state index is -3.35. The van der Waals surface area contributed by atoms with Gasteiger partial charge in [0.15, 0.2) is 0 Å². The van der Waals surface area contributed by atoms with Crippen LogP contribution in [-0.2, 0) is 14.8 Å². The summed E-state index contributed by atoms with van der Waals surface area (Å²) in [5.74, 6) is 1.17. The van der Waals surface area contributed by atoms with Crippen LogP contribution in [0.15, 0.2) is 0 Å². The van der Waals surface area contributed by atoms with Crippen LogP contribution in [0.25, 0.3) is 0 Å². The third kappa shape index (κ3) is 3.56. The average molecular weight is 271 g/mol. The molecule has 0 spiro atoms. The van der Waals surface area contributed by atoms with Crippen molar-refractivity contribution in [2.24, 2.45) is 22.9 Å². The Morgan fingerprint density at radius 2 is 2.12 bits per heavy atom. The summed E-state index contributed by atoms with van der Waals surface area (Å²) < 4.78 is 27.5. The molecule has 0 aliphatic carbocycles. The smallest absolute Gasteiger partial charge is 0.209 e. The van der Waals surface area contributed by atoms with E-state index in [2.05, 4.69) is 5.32 Å². The Hall–Kier alpha value is 0.120. The number of rotatable bonds is 3. The van der Waals surface area contributed by atoms with Crippen LogP contribution < -0.4 is 10.5 Å². The summed E-state index contributed by atoms with van der Waals surface area (Å²) in [6.45, 7) is 3.24. The minimum Gasteiger partial charge on any atom is -0.381 e. The van der Waals surface area contributed by atoms with Crippen molar-refractivity contribution in [3.8, 4) is 0 Å². The summed E-state index contributed by atoms with van der Waals surface area (Å²) in [6, 6.07) is 0. The number of primary sulfonamides is 1. The summed E-state index contributed by atoms with van der Waals surface area (Å²) in [7, 11) is -3.35. The molecule has 2 rings (SSSR count). The van der Waals surface area contributed by atoms with Crippen LogP contribution in [0.4, 0.5) is 0 Å². The Kier molecular flexibility index (Phi) is 5.00. The van der Waals surface area contributed by atoms with Gasteiger partial charge in [0.1, 0.15) is 0 Å². The highest BCUT2D eigenvalue weighted by Crippen LogP contribution is 2.31. The normalized spacial score (nSPS) is 34.9. The molecule has 3 atom stereocenters. The van der Waals surface area contributed by atoms with Crippen molar-refractivity contribution in [1.29, 1.82) is 0 Å². The molecule has 0 saturated carbocycles. The van der Waals surface area contributed by atoms with Crippen LogP contribution in [0.2, 0.25) is 0 Å². The van der Waals surface area contributed by atoms with Gasteiger partial charge in [-0.3, -0.25) is 0 Å². The van der Waals surface area contributed by atoms with Gasteiger partial charge in [-0.2, -0.15) is 0 Å². The van der Waals surface area contributed by atoms with E-state index in [1.165, 1.54) is 0 Å². The molecule has 7 heteroatoms. The topological polar surface area (TPSA) is 81.4 Å². The van der Waals surface area contributed by atoms with Crippen molar-refractivity contribution in [1.82, 2.24) is 5.32 Å². The van der Waals surface area contributed by atoms with E-state index in [1.54, 1.807) is 0 Å². The van der Waals surface area contributed by atoms with E-state index in [9.17, 15) is 8.42 Å². The van der Waals surface area contributed by atoms with Crippen LogP contribution in [-0.4, -0.2) is 40.5 Å². The second kappa shape index (κ2) is 5.64. The first-order valence-electron chi connectivity index (χ1n) is 5.35. The second-order valence-electron chi connectivity index (χ2n) is 4.54. The Labute approximate surface area is 103 Å². The molecule has 2 aliphatic rings. The standard InChI is InChI=1S/C9H18N2O3S.ClH/c10-15(12,13)6-8-3-11-4-9(8)7-1-2-14-5-7;/h7-9,11H,1-6H2,(H2,10,12,13);1H. The monoisotopic (exact) mass is 270 g/mol. The number of hydrogen-bond acceptors (Lipinski definition) is 4. The lowest BCUT2D eigenvalue weighted by molar-refractivity contribution is 0.167. The zero-order chi connectivity index (χ0) is 10.9. The van der Waals surface area contributed by atoms with Gasteiger partial charge in [-0.15, -0.1) is 12.4 Å². The predicted octanol–water partition coefficient (Wildman–Crippen LogP) is -0.431. The highest BCUT2D eigenvalue weighted by Gasteiger charge is 2.37. The number of sulfonamides is 1. The van der Waals surface area contributed by atoms with E-state index in [0.29, 0.717) is 11.8 Å². The number of hydrogen-bond donors (Lipinski definition) is 2. The summed E-state index contributed by atoms with van der Waals surface area (Å²) in [6.07, 6.45) is 1.05. The van der Waals surface area contributed by atoms with Gasteiger partial charge in [-0.05, 0) is 37.3 Å². The Balaban J connectivity index is 0.00000128. The molecule has 0 aromatic heterocycles. The molecule has 0 radical (unpaired) electrons. The molecule has 96 valence electrons. The van der Waals surface area contributed by atoms with E-state index in [0.717, 1.165) is 32.7 Å². The number of ether oxygens (including phenoxy) is 1. The fourth-order valence-corrected chi connectivity index (χ4v) is 3.64. The van der Waals surface area contributed by atoms with Crippen LogP contribution in [0.3, 0.4) is 0 Å². The molecule has 3 N–H and O–H groups in total. The third-order valence-electron chi connectivity index (χ3n) is 3.41. The zero-order valence-corrected chi connectivity index (χ0v) is 10.7. The lowest BCUT2D eigenvalue weighted by Crippen LogP contribution is -2.31. The quantitative estimate of drug-likeness (QED) is 0.729. The van der Waals surface area contributed by atoms with Crippen molar-refractivity contribution >= 4 is 22.4 Å². The highest BCUT2D eigenvalue weighted by atomic mass is 35.5. The predicted molar refractivity (Wildman–Crippen MR) is 64.0 cm³/mol. The molecule has 3 unspecified atom stereocenters. The van der Waals surface area contributed by atoms with Gasteiger partial charge in [0.25, 0.3) is 0 Å². The molecule has 2 fully saturated rings. The number of nitrogens with two attached hydrogens (primary N) is 1. The fraction of sp³-hybridized carbons (Fsp3) is 1.00. The van der Waals surface area contributed by atoms with Crippen LogP contribution in [0, 0.1) is 17.8 Å². The number of nitrogens with one attached hydrogen (secondary N) is 1. The summed E-state index contributed by atoms with van der Waals surface area (Å²) in [4.78, 5) is 0. The van der Waals surface area contributed by atoms with Gasteiger partial charge in [-0.1, -0.05) is 0 Å². The van der Waals surface area contributed by atoms with Crippen LogP contribution >= 0.6 is 12.4 Å². The molecule has 5 nitrogen and oxygen atoms in total. The van der Waals surface area contributed by atoms with Gasteiger partial charge < -0.3 is 10.1 Å². The fourth-order valence-electron chi connectivity index (χ4n) is 2.68. The van der Waals surface area contributed by atoms with Gasteiger partial charge in [0.2, 0.25) is 10.0 Å². The first-order valence-corrected chi connectivity index (χ1v) is 7.07. The van der Waals surface area contributed by atoms with Gasteiger partial charge in [-0.25, -0.2) is 13.6 Å². The lowest BCUT2D eigenvalue weighted by atomic mass is 9.84. The molecular weight excluding hydrogens is 252 g/mol. The number of halogens is 1. The summed E-state index contributed by atoms with van der Waals surface area (Å²) >= 11 is 0. The Morgan fingerprint density at radius 1 is 1.38 bits per heavy atom. The van der Waals surface area contributed by atoms with Crippen molar-refractivity contribution in [2.75, 3.05) is 32.1 Å². The summed E-state index contributed by atoms with van der Waals surface area (Å²) in [5, 5.41) is 8.34. The van der Waals surface area contributed by atoms with Crippen LogP contribution in [0.1, 0.15) is 6.42 Å². The van der Waals surface area contributed by atoms with E-state index in [4.69, 9.17) is 9.88 Å². The highest BCUT2D eigenvalue weighted by molar-refractivity contribution is 7.89. The molecule has 0 aromatic carbocycles. The van der Waals surface area contributed by atoms with Gasteiger partial charge in [0.05, 0.1) is 5.75 Å². The van der Waals surface area contributed by atoms with Crippen molar-refractivity contribution in [3.63, 3.8) is 0 Å². The van der Waals surface area contributed by atoms with E-state index in [1.807, 2.05) is 0 Å². The summed E-state index contributed by atoms with van der Waals surface area (Å²) in [5.41, 5.74) is 0. The molecule has 0 aromatic rings. The van der Waals surface area contributed by atoms with E-state index >= 15 is 0 Å². The second-order valence-corrected chi connectivity index (χ2v) is 6.19. The first kappa shape index (κ1) is 14.2. The average Bonchev–Trinajstić information content (AvgIpc) is 2.68. The van der Waals surface area contributed by atoms with Crippen LogP contribution in [0.5, 0.6) is 0 Å². The minimum absolute atomic E-state index is 0. The van der Waals surface area contributed by atoms with E-state index < -0.39 is 10.0 Å². The molecule has 2 aliphatic heterocycles. The van der Waals surface area contributed by atoms with Gasteiger partial charge in [0, 0.05) is 13.2 Å². The lowest BCUT2D eigenvalue weighted by Gasteiger charge is -2.22. The molecule has 0 bridgehead atoms. The van der Waals surface area contributed by atoms with Crippen molar-refractivity contribution in [2.45, 2.75) is 6.42 Å². The Morgan fingerprint density at radius 3 is 2.69 bits per heavy atom. The maximum atomic E-state index is 11.1. The Bertz CT molecular complexity index is 317. The van der Waals surface area contributed by atoms with E-state index in [-0.39, 0.29) is 24.1 Å². The largest absolute Gasteiger partial charge is 0.381 e. The zero-order valence-electron chi connectivity index (χ0n) is 9.09. The van der Waals surface area contributed by atoms with Crippen molar-refractivity contribution in [3.05, 3.63) is 0 Å². The molecular formula is C9H19ClN2O3S. The molecule has 16 heavy (non-hydrogen) atoms. The van der Waals surface area contributed by atoms with Crippen molar-refractivity contribution < 1.29 is 13.2 Å². The first-order chi connectivity index (χ1) is 7.06.